The molecule has 0 aliphatic heterocycles. The maximum atomic E-state index is 12.4. The van der Waals surface area contributed by atoms with E-state index in [-0.39, 0.29) is 35.4 Å². The van der Waals surface area contributed by atoms with Crippen LogP contribution in [0.1, 0.15) is 36.5 Å². The minimum atomic E-state index is -3.86. The highest BCUT2D eigenvalue weighted by molar-refractivity contribution is 7.92. The Morgan fingerprint density at radius 1 is 0.939 bits per heavy atom. The van der Waals surface area contributed by atoms with Crippen molar-refractivity contribution in [3.8, 4) is 5.75 Å². The Bertz CT molecular complexity index is 1180. The van der Waals surface area contributed by atoms with Gasteiger partial charge in [-0.15, -0.1) is 0 Å². The third kappa shape index (κ3) is 7.11. The van der Waals surface area contributed by atoms with Gasteiger partial charge in [-0.2, -0.15) is 0 Å². The Balaban J connectivity index is 1.50. The van der Waals surface area contributed by atoms with Gasteiger partial charge in [-0.05, 0) is 61.0 Å². The molecule has 3 rings (SSSR count). The molecule has 0 aliphatic carbocycles. The molecule has 0 atom stereocenters. The zero-order valence-corrected chi connectivity index (χ0v) is 18.8. The quantitative estimate of drug-likeness (QED) is 0.411. The second-order valence-electron chi connectivity index (χ2n) is 7.05. The molecule has 33 heavy (non-hydrogen) atoms. The number of nitrogens with zero attached hydrogens (tertiary/aromatic N) is 2. The number of rotatable bonds is 11. The van der Waals surface area contributed by atoms with E-state index in [0.29, 0.717) is 23.6 Å². The Kier molecular flexibility index (Phi) is 8.09. The maximum absolute atomic E-state index is 12.4. The minimum Gasteiger partial charge on any atom is -0.494 e. The molecule has 0 fully saturated rings. The number of amides is 1. The molecule has 0 saturated heterocycles. The van der Waals surface area contributed by atoms with Gasteiger partial charge in [-0.1, -0.05) is 6.92 Å². The molecule has 1 amide bonds. The molecule has 0 saturated carbocycles. The highest BCUT2D eigenvalue weighted by atomic mass is 32.2. The van der Waals surface area contributed by atoms with E-state index in [9.17, 15) is 18.0 Å². The van der Waals surface area contributed by atoms with Gasteiger partial charge >= 0.3 is 0 Å². The van der Waals surface area contributed by atoms with E-state index in [1.807, 2.05) is 6.92 Å². The molecule has 2 N–H and O–H groups in total. The van der Waals surface area contributed by atoms with Gasteiger partial charge in [0.2, 0.25) is 11.9 Å². The lowest BCUT2D eigenvalue weighted by atomic mass is 10.1. The fourth-order valence-corrected chi connectivity index (χ4v) is 3.76. The van der Waals surface area contributed by atoms with Crippen LogP contribution >= 0.6 is 0 Å². The number of sulfonamides is 1. The van der Waals surface area contributed by atoms with Crippen molar-refractivity contribution < 1.29 is 22.7 Å². The molecule has 9 nitrogen and oxygen atoms in total. The van der Waals surface area contributed by atoms with Crippen molar-refractivity contribution in [2.75, 3.05) is 16.6 Å². The van der Waals surface area contributed by atoms with Crippen molar-refractivity contribution >= 4 is 33.3 Å². The smallest absolute Gasteiger partial charge is 0.264 e. The molecule has 10 heteroatoms. The van der Waals surface area contributed by atoms with Crippen LogP contribution in [0, 0.1) is 0 Å². The number of carbonyl (C=O) groups excluding carboxylic acids is 2. The zero-order chi connectivity index (χ0) is 23.7. The first kappa shape index (κ1) is 23.9. The number of nitrogens with one attached hydrogen (secondary N) is 2. The first-order valence-corrected chi connectivity index (χ1v) is 11.8. The molecule has 0 spiro atoms. The van der Waals surface area contributed by atoms with Crippen LogP contribution in [-0.4, -0.2) is 36.7 Å². The van der Waals surface area contributed by atoms with Crippen LogP contribution in [0.25, 0.3) is 0 Å². The van der Waals surface area contributed by atoms with Crippen LogP contribution in [0.4, 0.5) is 11.6 Å². The number of hydrogen-bond acceptors (Lipinski definition) is 7. The summed E-state index contributed by atoms with van der Waals surface area (Å²) in [4.78, 5) is 32.2. The first-order valence-electron chi connectivity index (χ1n) is 10.3. The second kappa shape index (κ2) is 11.2. The van der Waals surface area contributed by atoms with Crippen molar-refractivity contribution in [3.63, 3.8) is 0 Å². The monoisotopic (exact) mass is 468 g/mol. The van der Waals surface area contributed by atoms with Crippen LogP contribution in [0.2, 0.25) is 0 Å². The molecule has 0 aliphatic rings. The lowest BCUT2D eigenvalue weighted by Gasteiger charge is -2.09. The minimum absolute atomic E-state index is 0.000128. The Morgan fingerprint density at radius 3 is 2.24 bits per heavy atom. The lowest BCUT2D eigenvalue weighted by Crippen LogP contribution is -2.16. The van der Waals surface area contributed by atoms with E-state index >= 15 is 0 Å². The van der Waals surface area contributed by atoms with E-state index in [2.05, 4.69) is 20.0 Å². The van der Waals surface area contributed by atoms with Crippen molar-refractivity contribution in [2.24, 2.45) is 0 Å². The Hall–Kier alpha value is -3.79. The van der Waals surface area contributed by atoms with Crippen molar-refractivity contribution in [1.29, 1.82) is 0 Å². The van der Waals surface area contributed by atoms with Gasteiger partial charge in [-0.3, -0.25) is 9.59 Å². The molecule has 3 aromatic rings. The molecule has 172 valence electrons. The normalized spacial score (nSPS) is 10.9. The van der Waals surface area contributed by atoms with E-state index in [0.717, 1.165) is 6.42 Å². The van der Waals surface area contributed by atoms with Crippen molar-refractivity contribution in [1.82, 2.24) is 9.97 Å². The number of carbonyl (C=O) groups is 2. The van der Waals surface area contributed by atoms with Crippen LogP contribution in [0.15, 0.2) is 71.9 Å². The fraction of sp³-hybridized carbons (Fsp3) is 0.217. The maximum Gasteiger partial charge on any atom is 0.264 e. The summed E-state index contributed by atoms with van der Waals surface area (Å²) in [6.45, 7) is 2.62. The van der Waals surface area contributed by atoms with Crippen LogP contribution < -0.4 is 14.8 Å². The Labute approximate surface area is 192 Å². The summed E-state index contributed by atoms with van der Waals surface area (Å²) in [7, 11) is -3.86. The number of benzene rings is 2. The lowest BCUT2D eigenvalue weighted by molar-refractivity contribution is -0.116. The predicted molar refractivity (Wildman–Crippen MR) is 124 cm³/mol. The molecule has 2 aromatic carbocycles. The molecular formula is C23H24N4O5S. The van der Waals surface area contributed by atoms with Crippen LogP contribution in [0.3, 0.4) is 0 Å². The fourth-order valence-electron chi connectivity index (χ4n) is 2.80. The van der Waals surface area contributed by atoms with E-state index < -0.39 is 10.0 Å². The van der Waals surface area contributed by atoms with Gasteiger partial charge in [0.1, 0.15) is 5.75 Å². The average molecular weight is 469 g/mol. The van der Waals surface area contributed by atoms with Gasteiger partial charge in [0.05, 0.1) is 11.5 Å². The first-order chi connectivity index (χ1) is 15.9. The van der Waals surface area contributed by atoms with Crippen molar-refractivity contribution in [3.05, 3.63) is 72.6 Å². The third-order valence-electron chi connectivity index (χ3n) is 4.47. The van der Waals surface area contributed by atoms with Gasteiger partial charge in [0, 0.05) is 36.5 Å². The van der Waals surface area contributed by atoms with Gasteiger partial charge in [-0.25, -0.2) is 23.1 Å². The second-order valence-corrected chi connectivity index (χ2v) is 8.73. The molecule has 1 heterocycles. The highest BCUT2D eigenvalue weighted by Gasteiger charge is 2.16. The summed E-state index contributed by atoms with van der Waals surface area (Å²) in [5, 5.41) is 2.66. The number of hydrogen-bond donors (Lipinski definition) is 2. The zero-order valence-electron chi connectivity index (χ0n) is 18.0. The summed E-state index contributed by atoms with van der Waals surface area (Å²) < 4.78 is 32.6. The summed E-state index contributed by atoms with van der Waals surface area (Å²) in [6, 6.07) is 14.0. The highest BCUT2D eigenvalue weighted by Crippen LogP contribution is 2.17. The summed E-state index contributed by atoms with van der Waals surface area (Å²) in [5.41, 5.74) is 0.927. The standard InChI is InChI=1S/C23H24N4O5S/c1-2-16-32-19-8-4-17(5-9-19)21(28)12-13-22(29)26-18-6-10-20(11-7-18)33(30,31)27-23-24-14-3-15-25-23/h3-11,14-15H,2,12-13,16H2,1H3,(H,26,29)(H,24,25,27). The van der Waals surface area contributed by atoms with E-state index in [1.165, 1.54) is 36.7 Å². The SMILES string of the molecule is CCCOc1ccc(C(=O)CCC(=O)Nc2ccc(S(=O)(=O)Nc3ncccn3)cc2)cc1. The number of aromatic nitrogens is 2. The molecular weight excluding hydrogens is 444 g/mol. The summed E-state index contributed by atoms with van der Waals surface area (Å²) in [6.07, 6.45) is 3.79. The molecule has 1 aromatic heterocycles. The summed E-state index contributed by atoms with van der Waals surface area (Å²) >= 11 is 0. The van der Waals surface area contributed by atoms with Crippen LogP contribution in [0.5, 0.6) is 5.75 Å². The number of ether oxygens (including phenoxy) is 1. The number of anilines is 2. The molecule has 0 bridgehead atoms. The number of ketones is 1. The number of Topliss-reactive ketones (excluding diaryl/α,β-unsaturated/α-hetero) is 1. The topological polar surface area (TPSA) is 127 Å². The average Bonchev–Trinajstić information content (AvgIpc) is 2.82. The van der Waals surface area contributed by atoms with Crippen LogP contribution in [-0.2, 0) is 14.8 Å². The molecule has 0 unspecified atom stereocenters. The van der Waals surface area contributed by atoms with E-state index in [1.54, 1.807) is 30.3 Å². The Morgan fingerprint density at radius 2 is 1.61 bits per heavy atom. The largest absolute Gasteiger partial charge is 0.494 e. The molecule has 0 radical (unpaired) electrons. The van der Waals surface area contributed by atoms with Gasteiger partial charge in [0.25, 0.3) is 10.0 Å². The predicted octanol–water partition coefficient (Wildman–Crippen LogP) is 3.67. The third-order valence-corrected chi connectivity index (χ3v) is 5.81. The van der Waals surface area contributed by atoms with Gasteiger partial charge in [0.15, 0.2) is 5.78 Å². The summed E-state index contributed by atoms with van der Waals surface area (Å²) in [5.74, 6) is 0.159. The van der Waals surface area contributed by atoms with Crippen molar-refractivity contribution in [2.45, 2.75) is 31.1 Å². The van der Waals surface area contributed by atoms with E-state index in [4.69, 9.17) is 4.74 Å². The van der Waals surface area contributed by atoms with Gasteiger partial charge < -0.3 is 10.1 Å².